The van der Waals surface area contributed by atoms with Crippen LogP contribution in [0.5, 0.6) is 0 Å². The molecule has 0 aliphatic heterocycles. The van der Waals surface area contributed by atoms with E-state index in [1.807, 2.05) is 48.5 Å². The number of carbonyl (C=O) groups is 2. The molecule has 0 aliphatic rings. The average molecular weight is 424 g/mol. The normalized spacial score (nSPS) is 11.9. The van der Waals surface area contributed by atoms with E-state index in [2.05, 4.69) is 29.1 Å². The van der Waals surface area contributed by atoms with Gasteiger partial charge >= 0.3 is 5.97 Å². The van der Waals surface area contributed by atoms with E-state index in [1.54, 1.807) is 13.1 Å². The Morgan fingerprint density at radius 1 is 1.10 bits per heavy atom. The molecule has 0 radical (unpaired) electrons. The summed E-state index contributed by atoms with van der Waals surface area (Å²) in [5, 5.41) is 3.62. The van der Waals surface area contributed by atoms with Gasteiger partial charge in [0.1, 0.15) is 9.88 Å². The molecule has 0 bridgehead atoms. The van der Waals surface area contributed by atoms with Gasteiger partial charge in [-0.25, -0.2) is 9.78 Å². The summed E-state index contributed by atoms with van der Waals surface area (Å²) in [7, 11) is 0. The molecular weight excluding hydrogens is 398 g/mol. The number of esters is 1. The molecule has 0 spiro atoms. The Morgan fingerprint density at radius 3 is 2.50 bits per heavy atom. The van der Waals surface area contributed by atoms with E-state index >= 15 is 0 Å². The van der Waals surface area contributed by atoms with Crippen LogP contribution >= 0.6 is 11.3 Å². The van der Waals surface area contributed by atoms with Crippen LogP contribution in [0.4, 0.5) is 0 Å². The second kappa shape index (κ2) is 10.1. The summed E-state index contributed by atoms with van der Waals surface area (Å²) in [6.45, 7) is 5.62. The third kappa shape index (κ3) is 5.73. The van der Waals surface area contributed by atoms with Gasteiger partial charge < -0.3 is 10.1 Å². The maximum absolute atomic E-state index is 12.5. The number of hydrogen-bond acceptors (Lipinski definition) is 6. The van der Waals surface area contributed by atoms with Crippen molar-refractivity contribution < 1.29 is 14.3 Å². The lowest BCUT2D eigenvalue weighted by atomic mass is 9.97. The Hall–Kier alpha value is -3.06. The average Bonchev–Trinajstić information content (AvgIpc) is 3.14. The van der Waals surface area contributed by atoms with Crippen molar-refractivity contribution in [1.29, 1.82) is 0 Å². The monoisotopic (exact) mass is 423 g/mol. The van der Waals surface area contributed by atoms with Crippen LogP contribution in [0.25, 0.3) is 10.7 Å². The van der Waals surface area contributed by atoms with Gasteiger partial charge in [-0.15, -0.1) is 11.3 Å². The highest BCUT2D eigenvalue weighted by molar-refractivity contribution is 7.17. The minimum Gasteiger partial charge on any atom is -0.451 e. The predicted octanol–water partition coefficient (Wildman–Crippen LogP) is 4.57. The lowest BCUT2D eigenvalue weighted by Crippen LogP contribution is -2.33. The first-order valence-corrected chi connectivity index (χ1v) is 10.7. The van der Waals surface area contributed by atoms with Crippen LogP contribution in [0.15, 0.2) is 54.7 Å². The zero-order chi connectivity index (χ0) is 21.5. The standard InChI is InChI=1S/C23H25N3O3S/c1-15(2)13-19(17-9-5-4-6-10-17)26-20(27)14-29-23(28)21-16(3)25-22(30-21)18-11-7-8-12-24-18/h4-12,15,19H,13-14H2,1-3H3,(H,26,27)/t19-/m0/s1. The third-order valence-corrected chi connectivity index (χ3v) is 5.60. The quantitative estimate of drug-likeness (QED) is 0.537. The number of hydrogen-bond donors (Lipinski definition) is 1. The molecule has 3 rings (SSSR count). The molecule has 1 N–H and O–H groups in total. The van der Waals surface area contributed by atoms with E-state index in [9.17, 15) is 9.59 Å². The fraction of sp³-hybridized carbons (Fsp3) is 0.304. The van der Waals surface area contributed by atoms with Gasteiger partial charge in [-0.3, -0.25) is 9.78 Å². The molecule has 0 fully saturated rings. The highest BCUT2D eigenvalue weighted by Crippen LogP contribution is 2.27. The molecule has 0 saturated heterocycles. The summed E-state index contributed by atoms with van der Waals surface area (Å²) in [4.78, 5) is 34.0. The molecule has 7 heteroatoms. The van der Waals surface area contributed by atoms with E-state index in [0.717, 1.165) is 12.0 Å². The van der Waals surface area contributed by atoms with Crippen molar-refractivity contribution in [3.63, 3.8) is 0 Å². The number of carbonyl (C=O) groups excluding carboxylic acids is 2. The number of amides is 1. The van der Waals surface area contributed by atoms with Gasteiger partial charge in [0.15, 0.2) is 6.61 Å². The maximum atomic E-state index is 12.5. The first-order valence-electron chi connectivity index (χ1n) is 9.84. The number of benzene rings is 1. The summed E-state index contributed by atoms with van der Waals surface area (Å²) >= 11 is 1.21. The first-order chi connectivity index (χ1) is 14.4. The van der Waals surface area contributed by atoms with Gasteiger partial charge in [-0.2, -0.15) is 0 Å². The zero-order valence-corrected chi connectivity index (χ0v) is 18.1. The fourth-order valence-corrected chi connectivity index (χ4v) is 3.99. The summed E-state index contributed by atoms with van der Waals surface area (Å²) in [5.41, 5.74) is 2.29. The predicted molar refractivity (Wildman–Crippen MR) is 117 cm³/mol. The van der Waals surface area contributed by atoms with Crippen molar-refractivity contribution in [3.8, 4) is 10.7 Å². The van der Waals surface area contributed by atoms with Crippen LogP contribution in [0.1, 0.15) is 47.2 Å². The SMILES string of the molecule is Cc1nc(-c2ccccn2)sc1C(=O)OCC(=O)N[C@@H](CC(C)C)c1ccccc1. The maximum Gasteiger partial charge on any atom is 0.350 e. The Kier molecular flexibility index (Phi) is 7.30. The largest absolute Gasteiger partial charge is 0.451 e. The summed E-state index contributed by atoms with van der Waals surface area (Å²) < 4.78 is 5.26. The second-order valence-electron chi connectivity index (χ2n) is 7.38. The molecule has 156 valence electrons. The highest BCUT2D eigenvalue weighted by Gasteiger charge is 2.21. The van der Waals surface area contributed by atoms with Gasteiger partial charge in [-0.1, -0.05) is 50.2 Å². The molecule has 0 saturated carbocycles. The van der Waals surface area contributed by atoms with Crippen LogP contribution in [0, 0.1) is 12.8 Å². The lowest BCUT2D eigenvalue weighted by Gasteiger charge is -2.21. The van der Waals surface area contributed by atoms with Crippen LogP contribution in [-0.2, 0) is 9.53 Å². The van der Waals surface area contributed by atoms with E-state index < -0.39 is 5.97 Å². The van der Waals surface area contributed by atoms with Crippen molar-refractivity contribution in [3.05, 3.63) is 70.9 Å². The molecule has 2 aromatic heterocycles. The van der Waals surface area contributed by atoms with E-state index in [0.29, 0.717) is 27.2 Å². The Labute approximate surface area is 180 Å². The van der Waals surface area contributed by atoms with Crippen LogP contribution < -0.4 is 5.32 Å². The van der Waals surface area contributed by atoms with Crippen molar-refractivity contribution in [1.82, 2.24) is 15.3 Å². The lowest BCUT2D eigenvalue weighted by molar-refractivity contribution is -0.125. The molecule has 1 amide bonds. The number of rotatable bonds is 8. The number of aryl methyl sites for hydroxylation is 1. The molecule has 0 aliphatic carbocycles. The number of nitrogens with one attached hydrogen (secondary N) is 1. The van der Waals surface area contributed by atoms with E-state index in [4.69, 9.17) is 4.74 Å². The number of aromatic nitrogens is 2. The van der Waals surface area contributed by atoms with Crippen molar-refractivity contribution >= 4 is 23.2 Å². The molecule has 2 heterocycles. The highest BCUT2D eigenvalue weighted by atomic mass is 32.1. The Morgan fingerprint density at radius 2 is 1.83 bits per heavy atom. The number of pyridine rings is 1. The second-order valence-corrected chi connectivity index (χ2v) is 8.38. The summed E-state index contributed by atoms with van der Waals surface area (Å²) in [6.07, 6.45) is 2.47. The van der Waals surface area contributed by atoms with Crippen LogP contribution in [-0.4, -0.2) is 28.5 Å². The number of ether oxygens (including phenoxy) is 1. The Balaban J connectivity index is 1.61. The van der Waals surface area contributed by atoms with Crippen molar-refractivity contribution in [2.45, 2.75) is 33.2 Å². The summed E-state index contributed by atoms with van der Waals surface area (Å²) in [5.74, 6) is -0.477. The molecule has 30 heavy (non-hydrogen) atoms. The van der Waals surface area contributed by atoms with Gasteiger partial charge in [-0.05, 0) is 37.0 Å². The Bertz CT molecular complexity index is 987. The molecule has 0 unspecified atom stereocenters. The van der Waals surface area contributed by atoms with Gasteiger partial charge in [0.2, 0.25) is 0 Å². The fourth-order valence-electron chi connectivity index (χ4n) is 3.05. The van der Waals surface area contributed by atoms with E-state index in [1.165, 1.54) is 11.3 Å². The van der Waals surface area contributed by atoms with E-state index in [-0.39, 0.29) is 18.6 Å². The zero-order valence-electron chi connectivity index (χ0n) is 17.3. The molecule has 1 atom stereocenters. The smallest absolute Gasteiger partial charge is 0.350 e. The molecule has 1 aromatic carbocycles. The number of nitrogens with zero attached hydrogens (tertiary/aromatic N) is 2. The topological polar surface area (TPSA) is 81.2 Å². The molecule has 6 nitrogen and oxygen atoms in total. The minimum absolute atomic E-state index is 0.127. The molecular formula is C23H25N3O3S. The van der Waals surface area contributed by atoms with Gasteiger partial charge in [0, 0.05) is 6.20 Å². The third-order valence-electron chi connectivity index (χ3n) is 4.44. The molecule has 3 aromatic rings. The summed E-state index contributed by atoms with van der Waals surface area (Å²) in [6, 6.07) is 15.2. The van der Waals surface area contributed by atoms with Crippen LogP contribution in [0.3, 0.4) is 0 Å². The van der Waals surface area contributed by atoms with Gasteiger partial charge in [0.25, 0.3) is 5.91 Å². The minimum atomic E-state index is -0.553. The van der Waals surface area contributed by atoms with Crippen molar-refractivity contribution in [2.24, 2.45) is 5.92 Å². The number of thiazole rings is 1. The van der Waals surface area contributed by atoms with Crippen molar-refractivity contribution in [2.75, 3.05) is 6.61 Å². The van der Waals surface area contributed by atoms with Gasteiger partial charge in [0.05, 0.1) is 17.4 Å². The first kappa shape index (κ1) is 21.6. The van der Waals surface area contributed by atoms with Crippen LogP contribution in [0.2, 0.25) is 0 Å².